The Balaban J connectivity index is 1.95. The van der Waals surface area contributed by atoms with E-state index in [1.165, 1.54) is 18.2 Å². The highest BCUT2D eigenvalue weighted by Crippen LogP contribution is 2.43. The third kappa shape index (κ3) is 3.38. The predicted octanol–water partition coefficient (Wildman–Crippen LogP) is 5.66. The molecule has 3 aromatic rings. The SMILES string of the molecule is Cc1ccc(C2/C(=C(/O)c3cccc(Cl)c3)C(=O)C(=O)N2c2ccc(F)c(Cl)c2)o1. The molecule has 2 aromatic carbocycles. The number of rotatable bonds is 3. The van der Waals surface area contributed by atoms with Gasteiger partial charge in [0.15, 0.2) is 0 Å². The number of ketones is 1. The molecule has 0 spiro atoms. The van der Waals surface area contributed by atoms with Crippen LogP contribution in [0.15, 0.2) is 64.6 Å². The molecule has 30 heavy (non-hydrogen) atoms. The fraction of sp³-hybridized carbons (Fsp3) is 0.0909. The number of hydrogen-bond donors (Lipinski definition) is 1. The second-order valence-electron chi connectivity index (χ2n) is 6.73. The standard InChI is InChI=1S/C22H14Cl2FNO4/c1-11-5-8-17(30-11)19-18(20(27)12-3-2-4-13(23)9-12)21(28)22(29)26(19)14-6-7-16(25)15(24)10-14/h2-10,19,27H,1H3/b20-18-. The number of Topliss-reactive ketones (excluding diaryl/α,β-unsaturated/α-hetero) is 1. The van der Waals surface area contributed by atoms with Gasteiger partial charge in [0.2, 0.25) is 0 Å². The molecule has 152 valence electrons. The zero-order valence-electron chi connectivity index (χ0n) is 15.5. The summed E-state index contributed by atoms with van der Waals surface area (Å²) in [5.41, 5.74) is 0.288. The summed E-state index contributed by atoms with van der Waals surface area (Å²) in [5, 5.41) is 11.1. The first-order valence-corrected chi connectivity index (χ1v) is 9.62. The summed E-state index contributed by atoms with van der Waals surface area (Å²) in [6.45, 7) is 1.71. The number of furan rings is 1. The van der Waals surface area contributed by atoms with Crippen LogP contribution in [0.25, 0.3) is 5.76 Å². The molecule has 0 saturated carbocycles. The van der Waals surface area contributed by atoms with Crippen LogP contribution >= 0.6 is 23.2 Å². The van der Waals surface area contributed by atoms with E-state index >= 15 is 0 Å². The number of benzene rings is 2. The van der Waals surface area contributed by atoms with Crippen molar-refractivity contribution in [2.24, 2.45) is 0 Å². The summed E-state index contributed by atoms with van der Waals surface area (Å²) in [6.07, 6.45) is 0. The first-order chi connectivity index (χ1) is 14.3. The number of aryl methyl sites for hydroxylation is 1. The van der Waals surface area contributed by atoms with E-state index in [0.29, 0.717) is 10.8 Å². The van der Waals surface area contributed by atoms with Gasteiger partial charge in [-0.2, -0.15) is 0 Å². The highest BCUT2D eigenvalue weighted by atomic mass is 35.5. The average Bonchev–Trinajstić information content (AvgIpc) is 3.25. The molecule has 1 aromatic heterocycles. The molecule has 1 atom stereocenters. The molecule has 1 saturated heterocycles. The minimum Gasteiger partial charge on any atom is -0.507 e. The van der Waals surface area contributed by atoms with Crippen LogP contribution in [0.2, 0.25) is 10.0 Å². The lowest BCUT2D eigenvalue weighted by Gasteiger charge is -2.23. The maximum absolute atomic E-state index is 13.7. The number of nitrogens with zero attached hydrogens (tertiary/aromatic N) is 1. The molecule has 0 bridgehead atoms. The molecular weight excluding hydrogens is 432 g/mol. The van der Waals surface area contributed by atoms with E-state index in [9.17, 15) is 19.1 Å². The quantitative estimate of drug-likeness (QED) is 0.320. The number of aliphatic hydroxyl groups is 1. The maximum Gasteiger partial charge on any atom is 0.300 e. The van der Waals surface area contributed by atoms with Crippen molar-refractivity contribution in [3.63, 3.8) is 0 Å². The van der Waals surface area contributed by atoms with Crippen LogP contribution in [0.4, 0.5) is 10.1 Å². The first-order valence-electron chi connectivity index (χ1n) is 8.86. The fourth-order valence-electron chi connectivity index (χ4n) is 3.39. The molecule has 1 unspecified atom stereocenters. The minimum atomic E-state index is -1.07. The molecule has 5 nitrogen and oxygen atoms in total. The minimum absolute atomic E-state index is 0.169. The van der Waals surface area contributed by atoms with E-state index in [-0.39, 0.29) is 27.6 Å². The van der Waals surface area contributed by atoms with Crippen LogP contribution in [-0.4, -0.2) is 16.8 Å². The highest BCUT2D eigenvalue weighted by Gasteiger charge is 2.48. The van der Waals surface area contributed by atoms with Crippen molar-refractivity contribution >= 4 is 46.3 Å². The largest absolute Gasteiger partial charge is 0.507 e. The molecule has 1 amide bonds. The van der Waals surface area contributed by atoms with Crippen LogP contribution < -0.4 is 4.90 Å². The number of amides is 1. The number of aliphatic hydroxyl groups excluding tert-OH is 1. The summed E-state index contributed by atoms with van der Waals surface area (Å²) in [7, 11) is 0. The Hall–Kier alpha value is -3.09. The normalized spacial score (nSPS) is 18.3. The molecule has 1 aliphatic rings. The molecule has 1 N–H and O–H groups in total. The van der Waals surface area contributed by atoms with E-state index in [0.717, 1.165) is 11.0 Å². The van der Waals surface area contributed by atoms with Crippen molar-refractivity contribution in [1.29, 1.82) is 0 Å². The monoisotopic (exact) mass is 445 g/mol. The number of halogens is 3. The van der Waals surface area contributed by atoms with Gasteiger partial charge in [0, 0.05) is 16.3 Å². The first kappa shape index (κ1) is 20.2. The van der Waals surface area contributed by atoms with Gasteiger partial charge in [-0.25, -0.2) is 4.39 Å². The van der Waals surface area contributed by atoms with E-state index in [1.807, 2.05) is 0 Å². The number of hydrogen-bond acceptors (Lipinski definition) is 4. The Morgan fingerprint density at radius 2 is 1.87 bits per heavy atom. The number of carbonyl (C=O) groups is 2. The zero-order chi connectivity index (χ0) is 21.6. The van der Waals surface area contributed by atoms with Crippen LogP contribution in [0.1, 0.15) is 23.1 Å². The van der Waals surface area contributed by atoms with Gasteiger partial charge in [-0.3, -0.25) is 14.5 Å². The lowest BCUT2D eigenvalue weighted by molar-refractivity contribution is -0.132. The van der Waals surface area contributed by atoms with Crippen LogP contribution in [-0.2, 0) is 9.59 Å². The maximum atomic E-state index is 13.7. The van der Waals surface area contributed by atoms with Gasteiger partial charge in [0.1, 0.15) is 29.1 Å². The van der Waals surface area contributed by atoms with Crippen molar-refractivity contribution in [3.05, 3.63) is 93.1 Å². The summed E-state index contributed by atoms with van der Waals surface area (Å²) >= 11 is 11.9. The van der Waals surface area contributed by atoms with Crippen molar-refractivity contribution < 1.29 is 23.5 Å². The summed E-state index contributed by atoms with van der Waals surface area (Å²) in [4.78, 5) is 27.0. The summed E-state index contributed by atoms with van der Waals surface area (Å²) in [6, 6.07) is 12.1. The Morgan fingerprint density at radius 3 is 2.50 bits per heavy atom. The smallest absolute Gasteiger partial charge is 0.300 e. The second kappa shape index (κ2) is 7.63. The summed E-state index contributed by atoms with van der Waals surface area (Å²) < 4.78 is 19.3. The van der Waals surface area contributed by atoms with E-state index in [2.05, 4.69) is 0 Å². The Bertz CT molecular complexity index is 1220. The Morgan fingerprint density at radius 1 is 1.10 bits per heavy atom. The van der Waals surface area contributed by atoms with Crippen molar-refractivity contribution in [2.45, 2.75) is 13.0 Å². The van der Waals surface area contributed by atoms with Gasteiger partial charge in [-0.05, 0) is 49.4 Å². The summed E-state index contributed by atoms with van der Waals surface area (Å²) in [5.74, 6) is -2.06. The molecule has 2 heterocycles. The van der Waals surface area contributed by atoms with Crippen LogP contribution in [0, 0.1) is 12.7 Å². The second-order valence-corrected chi connectivity index (χ2v) is 7.57. The van der Waals surface area contributed by atoms with Crippen molar-refractivity contribution in [3.8, 4) is 0 Å². The average molecular weight is 446 g/mol. The van der Waals surface area contributed by atoms with E-state index in [4.69, 9.17) is 27.6 Å². The van der Waals surface area contributed by atoms with Crippen molar-refractivity contribution in [1.82, 2.24) is 0 Å². The molecular formula is C22H14Cl2FNO4. The third-order valence-corrected chi connectivity index (χ3v) is 5.28. The number of anilines is 1. The topological polar surface area (TPSA) is 70.8 Å². The molecule has 0 radical (unpaired) electrons. The molecule has 1 fully saturated rings. The molecule has 0 aliphatic carbocycles. The van der Waals surface area contributed by atoms with E-state index < -0.39 is 29.3 Å². The highest BCUT2D eigenvalue weighted by molar-refractivity contribution is 6.51. The van der Waals surface area contributed by atoms with Gasteiger partial charge < -0.3 is 9.52 Å². The zero-order valence-corrected chi connectivity index (χ0v) is 17.0. The van der Waals surface area contributed by atoms with Gasteiger partial charge in [0.05, 0.1) is 10.6 Å². The lowest BCUT2D eigenvalue weighted by Crippen LogP contribution is -2.29. The van der Waals surface area contributed by atoms with Gasteiger partial charge in [-0.15, -0.1) is 0 Å². The third-order valence-electron chi connectivity index (χ3n) is 4.75. The lowest BCUT2D eigenvalue weighted by atomic mass is 9.99. The van der Waals surface area contributed by atoms with Crippen LogP contribution in [0.5, 0.6) is 0 Å². The fourth-order valence-corrected chi connectivity index (χ4v) is 3.76. The van der Waals surface area contributed by atoms with E-state index in [1.54, 1.807) is 37.3 Å². The van der Waals surface area contributed by atoms with Gasteiger partial charge in [-0.1, -0.05) is 35.3 Å². The Kier molecular flexibility index (Phi) is 5.13. The molecule has 8 heteroatoms. The van der Waals surface area contributed by atoms with Crippen LogP contribution in [0.3, 0.4) is 0 Å². The Labute approximate surface area is 180 Å². The van der Waals surface area contributed by atoms with Crippen molar-refractivity contribution in [2.75, 3.05) is 4.90 Å². The van der Waals surface area contributed by atoms with Gasteiger partial charge in [0.25, 0.3) is 11.7 Å². The number of carbonyl (C=O) groups excluding carboxylic acids is 2. The molecule has 4 rings (SSSR count). The predicted molar refractivity (Wildman–Crippen MR) is 111 cm³/mol. The molecule has 1 aliphatic heterocycles. The van der Waals surface area contributed by atoms with Gasteiger partial charge >= 0.3 is 0 Å².